The van der Waals surface area contributed by atoms with Gasteiger partial charge in [0.05, 0.1) is 0 Å². The molecular weight excluding hydrogens is 829 g/mol. The van der Waals surface area contributed by atoms with Crippen molar-refractivity contribution >= 4 is 17.9 Å². The second-order valence-corrected chi connectivity index (χ2v) is 19.2. The van der Waals surface area contributed by atoms with Gasteiger partial charge in [-0.25, -0.2) is 0 Å². The quantitative estimate of drug-likeness (QED) is 0.0262. The van der Waals surface area contributed by atoms with Crippen LogP contribution in [0.3, 0.4) is 0 Å². The lowest BCUT2D eigenvalue weighted by molar-refractivity contribution is -0.167. The zero-order valence-corrected chi connectivity index (χ0v) is 44.4. The Balaban J connectivity index is 4.14. The average Bonchev–Trinajstić information content (AvgIpc) is 3.33. The molecule has 0 fully saturated rings. The molecule has 1 unspecified atom stereocenters. The summed E-state index contributed by atoms with van der Waals surface area (Å²) in [6, 6.07) is 0. The van der Waals surface area contributed by atoms with E-state index in [1.54, 1.807) is 0 Å². The van der Waals surface area contributed by atoms with Crippen molar-refractivity contribution in [3.63, 3.8) is 0 Å². The van der Waals surface area contributed by atoms with Crippen molar-refractivity contribution < 1.29 is 28.6 Å². The predicted octanol–water partition coefficient (Wildman–Crippen LogP) is 19.2. The fourth-order valence-electron chi connectivity index (χ4n) is 8.19. The maximum absolute atomic E-state index is 12.8. The summed E-state index contributed by atoms with van der Waals surface area (Å²) < 4.78 is 16.8. The van der Waals surface area contributed by atoms with Gasteiger partial charge in [0.2, 0.25) is 0 Å². The normalized spacial score (nSPS) is 12.5. The van der Waals surface area contributed by atoms with Gasteiger partial charge in [0.25, 0.3) is 0 Å². The van der Waals surface area contributed by atoms with Gasteiger partial charge in [0.15, 0.2) is 6.10 Å². The first-order valence-electron chi connectivity index (χ1n) is 28.8. The van der Waals surface area contributed by atoms with Crippen LogP contribution >= 0.6 is 0 Å². The Kier molecular flexibility index (Phi) is 53.3. The predicted molar refractivity (Wildman–Crippen MR) is 288 cm³/mol. The molecule has 0 aromatic rings. The number of carbonyl (C=O) groups is 3. The molecule has 0 aromatic carbocycles. The molecule has 0 saturated heterocycles. The first kappa shape index (κ1) is 64.1. The number of hydrogen-bond donors (Lipinski definition) is 0. The van der Waals surface area contributed by atoms with E-state index in [9.17, 15) is 14.4 Å². The molecule has 0 saturated carbocycles. The molecule has 0 heterocycles. The van der Waals surface area contributed by atoms with E-state index in [1.165, 1.54) is 161 Å². The summed E-state index contributed by atoms with van der Waals surface area (Å²) in [5.41, 5.74) is 0. The van der Waals surface area contributed by atoms with Crippen LogP contribution < -0.4 is 0 Å². The van der Waals surface area contributed by atoms with E-state index in [2.05, 4.69) is 81.5 Å². The van der Waals surface area contributed by atoms with Gasteiger partial charge in [-0.15, -0.1) is 0 Å². The Hall–Kier alpha value is -2.89. The Labute approximate surface area is 415 Å². The van der Waals surface area contributed by atoms with Gasteiger partial charge in [-0.1, -0.05) is 248 Å². The summed E-state index contributed by atoms with van der Waals surface area (Å²) in [5, 5.41) is 0. The first-order chi connectivity index (χ1) is 33.0. The zero-order chi connectivity index (χ0) is 48.6. The molecule has 0 aliphatic heterocycles. The third kappa shape index (κ3) is 53.9. The highest BCUT2D eigenvalue weighted by Gasteiger charge is 2.19. The second-order valence-electron chi connectivity index (χ2n) is 19.2. The Morgan fingerprint density at radius 1 is 0.313 bits per heavy atom. The number of carbonyl (C=O) groups excluding carboxylic acids is 3. The minimum Gasteiger partial charge on any atom is -0.462 e. The van der Waals surface area contributed by atoms with Crippen LogP contribution in [-0.2, 0) is 28.6 Å². The Morgan fingerprint density at radius 2 is 0.582 bits per heavy atom. The van der Waals surface area contributed by atoms with E-state index in [4.69, 9.17) is 14.2 Å². The van der Waals surface area contributed by atoms with Crippen LogP contribution in [0.1, 0.15) is 290 Å². The van der Waals surface area contributed by atoms with E-state index in [0.717, 1.165) is 89.9 Å². The molecule has 6 heteroatoms. The monoisotopic (exact) mass is 937 g/mol. The minimum absolute atomic E-state index is 0.0836. The molecular formula is C61H108O6. The SMILES string of the molecule is CC/C=C\C/C=C\C/C=C\CCCCCC(=O)OC(COC(=O)CCCCCCCCCCC)COC(=O)CCCCCCCCCCCCCCCCC/C=C\C/C=C\CCCCCCC. The molecule has 6 nitrogen and oxygen atoms in total. The molecule has 1 atom stereocenters. The standard InChI is InChI=1S/C61H108O6/c1-4-7-10-13-16-19-21-23-24-25-26-27-28-29-30-31-32-33-34-35-36-38-39-42-45-48-51-54-60(63)66-57-58(56-65-59(62)53-50-47-44-41-18-15-12-9-6-3)67-61(64)55-52-49-46-43-40-37-22-20-17-14-11-8-5-2/h8,11,17,20-21,23,25-26,37,40,58H,4-7,9-10,12-16,18-19,22,24,27-36,38-39,41-57H2,1-3H3/b11-8-,20-17-,23-21-,26-25-,40-37-. The molecule has 0 aromatic heterocycles. The molecule has 0 amide bonds. The van der Waals surface area contributed by atoms with Crippen molar-refractivity contribution in [2.75, 3.05) is 13.2 Å². The van der Waals surface area contributed by atoms with Crippen LogP contribution in [0.2, 0.25) is 0 Å². The van der Waals surface area contributed by atoms with Crippen LogP contribution in [0.4, 0.5) is 0 Å². The van der Waals surface area contributed by atoms with Gasteiger partial charge in [-0.2, -0.15) is 0 Å². The number of unbranched alkanes of at least 4 members (excludes halogenated alkanes) is 31. The maximum Gasteiger partial charge on any atom is 0.306 e. The third-order valence-electron chi connectivity index (χ3n) is 12.5. The first-order valence-corrected chi connectivity index (χ1v) is 28.8. The van der Waals surface area contributed by atoms with Crippen molar-refractivity contribution in [3.05, 3.63) is 60.8 Å². The van der Waals surface area contributed by atoms with Crippen LogP contribution in [0.5, 0.6) is 0 Å². The van der Waals surface area contributed by atoms with Crippen LogP contribution in [-0.4, -0.2) is 37.2 Å². The van der Waals surface area contributed by atoms with Crippen molar-refractivity contribution in [1.29, 1.82) is 0 Å². The molecule has 0 N–H and O–H groups in total. The summed E-state index contributed by atoms with van der Waals surface area (Å²) in [6.45, 7) is 6.49. The van der Waals surface area contributed by atoms with Crippen LogP contribution in [0.15, 0.2) is 60.8 Å². The van der Waals surface area contributed by atoms with Gasteiger partial charge >= 0.3 is 17.9 Å². The van der Waals surface area contributed by atoms with Gasteiger partial charge in [0.1, 0.15) is 13.2 Å². The smallest absolute Gasteiger partial charge is 0.306 e. The number of rotatable bonds is 52. The van der Waals surface area contributed by atoms with Gasteiger partial charge in [-0.05, 0) is 83.5 Å². The van der Waals surface area contributed by atoms with E-state index >= 15 is 0 Å². The number of ether oxygens (including phenoxy) is 3. The molecule has 0 aliphatic rings. The lowest BCUT2D eigenvalue weighted by atomic mass is 10.0. The largest absolute Gasteiger partial charge is 0.462 e. The molecule has 67 heavy (non-hydrogen) atoms. The highest BCUT2D eigenvalue weighted by Crippen LogP contribution is 2.16. The van der Waals surface area contributed by atoms with E-state index in [0.29, 0.717) is 19.3 Å². The maximum atomic E-state index is 12.8. The third-order valence-corrected chi connectivity index (χ3v) is 12.5. The molecule has 0 bridgehead atoms. The van der Waals surface area contributed by atoms with Gasteiger partial charge < -0.3 is 14.2 Å². The molecule has 0 rings (SSSR count). The summed E-state index contributed by atoms with van der Waals surface area (Å²) in [7, 11) is 0. The van der Waals surface area contributed by atoms with Gasteiger partial charge in [-0.3, -0.25) is 14.4 Å². The minimum atomic E-state index is -0.785. The second kappa shape index (κ2) is 55.7. The van der Waals surface area contributed by atoms with Crippen molar-refractivity contribution in [2.45, 2.75) is 297 Å². The highest BCUT2D eigenvalue weighted by atomic mass is 16.6. The summed E-state index contributed by atoms with van der Waals surface area (Å²) >= 11 is 0. The fraction of sp³-hybridized carbons (Fsp3) is 0.787. The molecule has 0 radical (unpaired) electrons. The lowest BCUT2D eigenvalue weighted by Gasteiger charge is -2.18. The van der Waals surface area contributed by atoms with Crippen molar-refractivity contribution in [1.82, 2.24) is 0 Å². The number of esters is 3. The van der Waals surface area contributed by atoms with Crippen molar-refractivity contribution in [3.8, 4) is 0 Å². The molecule has 388 valence electrons. The van der Waals surface area contributed by atoms with E-state index in [-0.39, 0.29) is 31.1 Å². The average molecular weight is 938 g/mol. The molecule has 0 spiro atoms. The van der Waals surface area contributed by atoms with Crippen LogP contribution in [0.25, 0.3) is 0 Å². The molecule has 0 aliphatic carbocycles. The van der Waals surface area contributed by atoms with Crippen LogP contribution in [0, 0.1) is 0 Å². The Bertz CT molecular complexity index is 1210. The summed E-state index contributed by atoms with van der Waals surface area (Å²) in [4.78, 5) is 37.9. The number of hydrogen-bond acceptors (Lipinski definition) is 6. The fourth-order valence-corrected chi connectivity index (χ4v) is 8.19. The topological polar surface area (TPSA) is 78.9 Å². The van der Waals surface area contributed by atoms with E-state index < -0.39 is 6.10 Å². The van der Waals surface area contributed by atoms with E-state index in [1.807, 2.05) is 0 Å². The Morgan fingerprint density at radius 3 is 0.925 bits per heavy atom. The zero-order valence-electron chi connectivity index (χ0n) is 44.4. The van der Waals surface area contributed by atoms with Crippen molar-refractivity contribution in [2.24, 2.45) is 0 Å². The van der Waals surface area contributed by atoms with Gasteiger partial charge in [0, 0.05) is 19.3 Å². The number of allylic oxidation sites excluding steroid dienone is 10. The summed E-state index contributed by atoms with van der Waals surface area (Å²) in [6.07, 6.45) is 69.5. The lowest BCUT2D eigenvalue weighted by Crippen LogP contribution is -2.30. The highest BCUT2D eigenvalue weighted by molar-refractivity contribution is 5.71. The summed E-state index contributed by atoms with van der Waals surface area (Å²) in [5.74, 6) is -0.908.